The Labute approximate surface area is 103 Å². The van der Waals surface area contributed by atoms with Gasteiger partial charge in [0.1, 0.15) is 6.10 Å². The highest BCUT2D eigenvalue weighted by Crippen LogP contribution is 2.32. The smallest absolute Gasteiger partial charge is 0.237 e. The van der Waals surface area contributed by atoms with Crippen LogP contribution >= 0.6 is 0 Å². The van der Waals surface area contributed by atoms with Gasteiger partial charge in [0.25, 0.3) is 0 Å². The van der Waals surface area contributed by atoms with E-state index in [9.17, 15) is 0 Å². The zero-order chi connectivity index (χ0) is 12.4. The number of nitrogen functional groups attached to an aromatic ring is 1. The Kier molecular flexibility index (Phi) is 3.55. The SMILES string of the molecule is Cc1cnc(OC2CCC(C)C(C)C2)c(N)c1. The molecule has 0 spiro atoms. The Hall–Kier alpha value is -1.25. The number of anilines is 1. The minimum absolute atomic E-state index is 0.277. The molecule has 0 bridgehead atoms. The number of hydrogen-bond donors (Lipinski definition) is 1. The molecule has 3 nitrogen and oxygen atoms in total. The van der Waals surface area contributed by atoms with Crippen molar-refractivity contribution in [3.63, 3.8) is 0 Å². The summed E-state index contributed by atoms with van der Waals surface area (Å²) in [7, 11) is 0. The molecule has 2 rings (SSSR count). The number of aryl methyl sites for hydroxylation is 1. The van der Waals surface area contributed by atoms with Crippen molar-refractivity contribution in [3.8, 4) is 5.88 Å². The molecule has 1 heterocycles. The molecule has 3 atom stereocenters. The van der Waals surface area contributed by atoms with Crippen LogP contribution in [0.4, 0.5) is 5.69 Å². The summed E-state index contributed by atoms with van der Waals surface area (Å²) in [5.74, 6) is 2.13. The minimum atomic E-state index is 0.277. The first kappa shape index (κ1) is 12.2. The number of nitrogens with two attached hydrogens (primary N) is 1. The first-order valence-corrected chi connectivity index (χ1v) is 6.45. The predicted molar refractivity (Wildman–Crippen MR) is 70.0 cm³/mol. The molecule has 0 aliphatic heterocycles. The van der Waals surface area contributed by atoms with Crippen LogP contribution in [0.1, 0.15) is 38.7 Å². The first-order valence-electron chi connectivity index (χ1n) is 6.45. The molecule has 1 saturated carbocycles. The van der Waals surface area contributed by atoms with Crippen molar-refractivity contribution in [2.75, 3.05) is 5.73 Å². The molecule has 1 aromatic heterocycles. The van der Waals surface area contributed by atoms with E-state index in [0.717, 1.165) is 30.2 Å². The maximum Gasteiger partial charge on any atom is 0.237 e. The molecule has 1 aromatic rings. The number of ether oxygens (including phenoxy) is 1. The van der Waals surface area contributed by atoms with Crippen molar-refractivity contribution in [2.24, 2.45) is 11.8 Å². The molecule has 0 amide bonds. The number of rotatable bonds is 2. The Balaban J connectivity index is 2.01. The lowest BCUT2D eigenvalue weighted by molar-refractivity contribution is 0.0972. The molecule has 3 heteroatoms. The van der Waals surface area contributed by atoms with Gasteiger partial charge in [0.2, 0.25) is 5.88 Å². The van der Waals surface area contributed by atoms with Crippen molar-refractivity contribution < 1.29 is 4.74 Å². The molecule has 94 valence electrons. The molecule has 0 aromatic carbocycles. The van der Waals surface area contributed by atoms with Crippen LogP contribution in [0.5, 0.6) is 5.88 Å². The van der Waals surface area contributed by atoms with Crippen molar-refractivity contribution in [1.29, 1.82) is 0 Å². The topological polar surface area (TPSA) is 48.1 Å². The Bertz CT molecular complexity index is 392. The largest absolute Gasteiger partial charge is 0.473 e. The third-order valence-corrected chi connectivity index (χ3v) is 3.84. The fraction of sp³-hybridized carbons (Fsp3) is 0.643. The van der Waals surface area contributed by atoms with Crippen LogP contribution in [0.15, 0.2) is 12.3 Å². The third-order valence-electron chi connectivity index (χ3n) is 3.84. The summed E-state index contributed by atoms with van der Waals surface area (Å²) in [5, 5.41) is 0. The quantitative estimate of drug-likeness (QED) is 0.855. The summed E-state index contributed by atoms with van der Waals surface area (Å²) in [6.07, 6.45) is 5.54. The maximum atomic E-state index is 5.92. The standard InChI is InChI=1S/C14H22N2O/c1-9-6-13(15)14(16-8-9)17-12-5-4-10(2)11(3)7-12/h6,8,10-12H,4-5,7,15H2,1-3H3. The van der Waals surface area contributed by atoms with Gasteiger partial charge in [-0.05, 0) is 49.7 Å². The highest BCUT2D eigenvalue weighted by molar-refractivity contribution is 5.49. The summed E-state index contributed by atoms with van der Waals surface area (Å²) in [6, 6.07) is 1.91. The molecule has 0 radical (unpaired) electrons. The van der Waals surface area contributed by atoms with Crippen LogP contribution in [0.3, 0.4) is 0 Å². The van der Waals surface area contributed by atoms with E-state index < -0.39 is 0 Å². The minimum Gasteiger partial charge on any atom is -0.473 e. The lowest BCUT2D eigenvalue weighted by Gasteiger charge is -2.32. The summed E-state index contributed by atoms with van der Waals surface area (Å²) >= 11 is 0. The van der Waals surface area contributed by atoms with E-state index >= 15 is 0 Å². The van der Waals surface area contributed by atoms with Crippen LogP contribution in [0, 0.1) is 18.8 Å². The van der Waals surface area contributed by atoms with E-state index in [0.29, 0.717) is 11.6 Å². The van der Waals surface area contributed by atoms with E-state index in [1.165, 1.54) is 6.42 Å². The van der Waals surface area contributed by atoms with Gasteiger partial charge in [-0.2, -0.15) is 0 Å². The second-order valence-corrected chi connectivity index (χ2v) is 5.41. The van der Waals surface area contributed by atoms with Gasteiger partial charge in [-0.25, -0.2) is 4.98 Å². The normalized spacial score (nSPS) is 29.0. The summed E-state index contributed by atoms with van der Waals surface area (Å²) in [4.78, 5) is 4.27. The van der Waals surface area contributed by atoms with Gasteiger partial charge in [0.05, 0.1) is 5.69 Å². The van der Waals surface area contributed by atoms with Crippen LogP contribution in [-0.4, -0.2) is 11.1 Å². The molecular weight excluding hydrogens is 212 g/mol. The van der Waals surface area contributed by atoms with Crippen molar-refractivity contribution in [2.45, 2.75) is 46.1 Å². The van der Waals surface area contributed by atoms with E-state index in [2.05, 4.69) is 18.8 Å². The van der Waals surface area contributed by atoms with Gasteiger partial charge < -0.3 is 10.5 Å². The Morgan fingerprint density at radius 2 is 2.06 bits per heavy atom. The van der Waals surface area contributed by atoms with E-state index in [4.69, 9.17) is 10.5 Å². The van der Waals surface area contributed by atoms with Crippen molar-refractivity contribution in [1.82, 2.24) is 4.98 Å². The second kappa shape index (κ2) is 4.94. The Morgan fingerprint density at radius 1 is 1.29 bits per heavy atom. The van der Waals surface area contributed by atoms with E-state index in [1.807, 2.05) is 13.0 Å². The lowest BCUT2D eigenvalue weighted by atomic mass is 9.80. The average molecular weight is 234 g/mol. The molecule has 2 N–H and O–H groups in total. The second-order valence-electron chi connectivity index (χ2n) is 5.41. The van der Waals surface area contributed by atoms with Crippen LogP contribution in [0.25, 0.3) is 0 Å². The maximum absolute atomic E-state index is 5.92. The van der Waals surface area contributed by atoms with E-state index in [-0.39, 0.29) is 6.10 Å². The predicted octanol–water partition coefficient (Wildman–Crippen LogP) is 3.18. The number of aromatic nitrogens is 1. The molecule has 3 unspecified atom stereocenters. The van der Waals surface area contributed by atoms with E-state index in [1.54, 1.807) is 6.20 Å². The van der Waals surface area contributed by atoms with Gasteiger partial charge in [0.15, 0.2) is 0 Å². The number of nitrogens with zero attached hydrogens (tertiary/aromatic N) is 1. The van der Waals surface area contributed by atoms with Crippen molar-refractivity contribution in [3.05, 3.63) is 17.8 Å². The van der Waals surface area contributed by atoms with Gasteiger partial charge in [-0.3, -0.25) is 0 Å². The van der Waals surface area contributed by atoms with Crippen LogP contribution in [-0.2, 0) is 0 Å². The number of pyridine rings is 1. The van der Waals surface area contributed by atoms with Crippen molar-refractivity contribution >= 4 is 5.69 Å². The number of hydrogen-bond acceptors (Lipinski definition) is 3. The highest BCUT2D eigenvalue weighted by Gasteiger charge is 2.26. The molecule has 1 aliphatic rings. The van der Waals surface area contributed by atoms with Crippen LogP contribution < -0.4 is 10.5 Å². The molecular formula is C14H22N2O. The van der Waals surface area contributed by atoms with Gasteiger partial charge in [-0.15, -0.1) is 0 Å². The highest BCUT2D eigenvalue weighted by atomic mass is 16.5. The molecule has 0 saturated heterocycles. The lowest BCUT2D eigenvalue weighted by Crippen LogP contribution is -2.29. The molecule has 1 fully saturated rings. The summed E-state index contributed by atoms with van der Waals surface area (Å²) in [5.41, 5.74) is 7.63. The summed E-state index contributed by atoms with van der Waals surface area (Å²) in [6.45, 7) is 6.60. The zero-order valence-electron chi connectivity index (χ0n) is 10.9. The van der Waals surface area contributed by atoms with Gasteiger partial charge in [-0.1, -0.05) is 13.8 Å². The fourth-order valence-corrected chi connectivity index (χ4v) is 2.44. The molecule has 17 heavy (non-hydrogen) atoms. The van der Waals surface area contributed by atoms with Gasteiger partial charge >= 0.3 is 0 Å². The Morgan fingerprint density at radius 3 is 2.71 bits per heavy atom. The zero-order valence-corrected chi connectivity index (χ0v) is 10.9. The fourth-order valence-electron chi connectivity index (χ4n) is 2.44. The average Bonchev–Trinajstić information content (AvgIpc) is 2.27. The van der Waals surface area contributed by atoms with Crippen LogP contribution in [0.2, 0.25) is 0 Å². The first-order chi connectivity index (χ1) is 8.06. The summed E-state index contributed by atoms with van der Waals surface area (Å²) < 4.78 is 5.92. The molecule has 1 aliphatic carbocycles. The monoisotopic (exact) mass is 234 g/mol. The van der Waals surface area contributed by atoms with Gasteiger partial charge in [0, 0.05) is 6.20 Å². The third kappa shape index (κ3) is 2.90.